The summed E-state index contributed by atoms with van der Waals surface area (Å²) in [4.78, 5) is 0. The van der Waals surface area contributed by atoms with Crippen LogP contribution in [0.15, 0.2) is 24.4 Å². The second kappa shape index (κ2) is 3.63. The van der Waals surface area contributed by atoms with Crippen LogP contribution in [0.3, 0.4) is 0 Å². The molecule has 1 aromatic carbocycles. The van der Waals surface area contributed by atoms with Crippen LogP contribution in [0.25, 0.3) is 10.9 Å². The zero-order valence-electron chi connectivity index (χ0n) is 10.8. The average Bonchev–Trinajstić information content (AvgIpc) is 2.58. The van der Waals surface area contributed by atoms with E-state index in [1.165, 1.54) is 22.0 Å². The molecule has 0 unspecified atom stereocenters. The molecule has 0 atom stereocenters. The number of hydrogen-bond donors (Lipinski definition) is 1. The third kappa shape index (κ3) is 1.54. The van der Waals surface area contributed by atoms with Crippen LogP contribution in [0, 0.1) is 6.92 Å². The van der Waals surface area contributed by atoms with E-state index in [1.807, 2.05) is 7.05 Å². The van der Waals surface area contributed by atoms with E-state index in [9.17, 15) is 0 Å². The molecule has 86 valence electrons. The van der Waals surface area contributed by atoms with Crippen molar-refractivity contribution in [2.75, 3.05) is 7.05 Å². The first kappa shape index (κ1) is 11.2. The summed E-state index contributed by atoms with van der Waals surface area (Å²) in [5.41, 5.74) is 4.03. The van der Waals surface area contributed by atoms with Crippen molar-refractivity contribution in [2.24, 2.45) is 7.05 Å². The van der Waals surface area contributed by atoms with Crippen molar-refractivity contribution in [3.63, 3.8) is 0 Å². The Kier molecular flexibility index (Phi) is 2.55. The zero-order valence-corrected chi connectivity index (χ0v) is 10.8. The van der Waals surface area contributed by atoms with Gasteiger partial charge in [0.05, 0.1) is 5.52 Å². The molecule has 0 spiro atoms. The summed E-state index contributed by atoms with van der Waals surface area (Å²) < 4.78 is 2.22. The first-order valence-electron chi connectivity index (χ1n) is 5.71. The number of aromatic nitrogens is 1. The van der Waals surface area contributed by atoms with Gasteiger partial charge in [0.1, 0.15) is 0 Å². The summed E-state index contributed by atoms with van der Waals surface area (Å²) in [6.45, 7) is 6.59. The molecule has 0 radical (unpaired) electrons. The van der Waals surface area contributed by atoms with Gasteiger partial charge in [0.15, 0.2) is 0 Å². The van der Waals surface area contributed by atoms with Crippen molar-refractivity contribution < 1.29 is 0 Å². The molecule has 1 N–H and O–H groups in total. The number of hydrogen-bond acceptors (Lipinski definition) is 1. The first-order chi connectivity index (χ1) is 7.47. The second-order valence-electron chi connectivity index (χ2n) is 5.00. The smallest absolute Gasteiger partial charge is 0.0510 e. The highest BCUT2D eigenvalue weighted by molar-refractivity contribution is 5.87. The Balaban J connectivity index is 2.79. The summed E-state index contributed by atoms with van der Waals surface area (Å²) in [5.74, 6) is 0. The minimum atomic E-state index is 0.00725. The SMILES string of the molecule is CNC(C)(C)c1cn(C)c2c(C)cccc12. The monoisotopic (exact) mass is 216 g/mol. The van der Waals surface area contributed by atoms with Gasteiger partial charge in [-0.2, -0.15) is 0 Å². The predicted molar refractivity (Wildman–Crippen MR) is 69.7 cm³/mol. The minimum absolute atomic E-state index is 0.00725. The van der Waals surface area contributed by atoms with Crippen LogP contribution in [0.2, 0.25) is 0 Å². The molecule has 1 heterocycles. The molecule has 0 aliphatic heterocycles. The molecule has 0 saturated heterocycles. The lowest BCUT2D eigenvalue weighted by Crippen LogP contribution is -2.32. The quantitative estimate of drug-likeness (QED) is 0.816. The Hall–Kier alpha value is -1.28. The molecule has 2 aromatic rings. The maximum absolute atomic E-state index is 3.37. The fourth-order valence-corrected chi connectivity index (χ4v) is 2.30. The van der Waals surface area contributed by atoms with Gasteiger partial charge in [0.2, 0.25) is 0 Å². The van der Waals surface area contributed by atoms with Crippen LogP contribution in [-0.4, -0.2) is 11.6 Å². The maximum Gasteiger partial charge on any atom is 0.0510 e. The van der Waals surface area contributed by atoms with Crippen molar-refractivity contribution in [2.45, 2.75) is 26.3 Å². The van der Waals surface area contributed by atoms with Crippen molar-refractivity contribution in [1.82, 2.24) is 9.88 Å². The fraction of sp³-hybridized carbons (Fsp3) is 0.429. The van der Waals surface area contributed by atoms with Gasteiger partial charge >= 0.3 is 0 Å². The van der Waals surface area contributed by atoms with Gasteiger partial charge in [0, 0.05) is 24.2 Å². The zero-order chi connectivity index (χ0) is 11.9. The van der Waals surface area contributed by atoms with Crippen molar-refractivity contribution >= 4 is 10.9 Å². The van der Waals surface area contributed by atoms with E-state index in [2.05, 4.69) is 62.1 Å². The number of para-hydroxylation sites is 1. The van der Waals surface area contributed by atoms with Crippen molar-refractivity contribution in [3.05, 3.63) is 35.5 Å². The topological polar surface area (TPSA) is 17.0 Å². The predicted octanol–water partition coefficient (Wildman–Crippen LogP) is 2.94. The largest absolute Gasteiger partial charge is 0.350 e. The van der Waals surface area contributed by atoms with Crippen LogP contribution in [-0.2, 0) is 12.6 Å². The average molecular weight is 216 g/mol. The Morgan fingerprint density at radius 2 is 1.94 bits per heavy atom. The van der Waals surface area contributed by atoms with Crippen LogP contribution in [0.4, 0.5) is 0 Å². The lowest BCUT2D eigenvalue weighted by atomic mass is 9.93. The number of benzene rings is 1. The summed E-state index contributed by atoms with van der Waals surface area (Å²) in [7, 11) is 4.12. The van der Waals surface area contributed by atoms with E-state index in [0.717, 1.165) is 0 Å². The number of nitrogens with zero attached hydrogens (tertiary/aromatic N) is 1. The summed E-state index contributed by atoms with van der Waals surface area (Å²) >= 11 is 0. The Morgan fingerprint density at radius 3 is 2.56 bits per heavy atom. The van der Waals surface area contributed by atoms with Crippen LogP contribution in [0.1, 0.15) is 25.0 Å². The highest BCUT2D eigenvalue weighted by atomic mass is 15.0. The normalized spacial score (nSPS) is 12.3. The third-order valence-electron chi connectivity index (χ3n) is 3.50. The van der Waals surface area contributed by atoms with Gasteiger partial charge in [0.25, 0.3) is 0 Å². The van der Waals surface area contributed by atoms with E-state index in [-0.39, 0.29) is 5.54 Å². The van der Waals surface area contributed by atoms with Crippen LogP contribution >= 0.6 is 0 Å². The summed E-state index contributed by atoms with van der Waals surface area (Å²) in [6, 6.07) is 6.50. The first-order valence-corrected chi connectivity index (χ1v) is 5.71. The molecule has 2 heteroatoms. The van der Waals surface area contributed by atoms with Gasteiger partial charge in [-0.3, -0.25) is 0 Å². The molecule has 0 saturated carbocycles. The van der Waals surface area contributed by atoms with Crippen molar-refractivity contribution in [1.29, 1.82) is 0 Å². The molecule has 0 amide bonds. The number of aryl methyl sites for hydroxylation is 2. The van der Waals surface area contributed by atoms with E-state index in [1.54, 1.807) is 0 Å². The Morgan fingerprint density at radius 1 is 1.25 bits per heavy atom. The standard InChI is InChI=1S/C14H20N2/c1-10-7-6-8-11-12(14(2,3)15-4)9-16(5)13(10)11/h6-9,15H,1-5H3. The molecule has 0 fully saturated rings. The molecule has 2 nitrogen and oxygen atoms in total. The van der Waals surface area contributed by atoms with Crippen LogP contribution in [0.5, 0.6) is 0 Å². The van der Waals surface area contributed by atoms with Gasteiger partial charge in [-0.15, -0.1) is 0 Å². The fourth-order valence-electron chi connectivity index (χ4n) is 2.30. The third-order valence-corrected chi connectivity index (χ3v) is 3.50. The lowest BCUT2D eigenvalue weighted by Gasteiger charge is -2.23. The van der Waals surface area contributed by atoms with Crippen LogP contribution < -0.4 is 5.32 Å². The molecule has 16 heavy (non-hydrogen) atoms. The van der Waals surface area contributed by atoms with Gasteiger partial charge in [-0.25, -0.2) is 0 Å². The summed E-state index contributed by atoms with van der Waals surface area (Å²) in [6.07, 6.45) is 2.23. The van der Waals surface area contributed by atoms with E-state index in [4.69, 9.17) is 0 Å². The molecular weight excluding hydrogens is 196 g/mol. The number of rotatable bonds is 2. The van der Waals surface area contributed by atoms with Gasteiger partial charge < -0.3 is 9.88 Å². The van der Waals surface area contributed by atoms with Crippen molar-refractivity contribution in [3.8, 4) is 0 Å². The molecule has 2 rings (SSSR count). The minimum Gasteiger partial charge on any atom is -0.350 e. The molecular formula is C14H20N2. The number of nitrogens with one attached hydrogen (secondary N) is 1. The maximum atomic E-state index is 3.37. The molecule has 0 aliphatic carbocycles. The molecule has 0 aliphatic rings. The molecule has 1 aromatic heterocycles. The lowest BCUT2D eigenvalue weighted by molar-refractivity contribution is 0.447. The highest BCUT2D eigenvalue weighted by Gasteiger charge is 2.22. The van der Waals surface area contributed by atoms with E-state index < -0.39 is 0 Å². The summed E-state index contributed by atoms with van der Waals surface area (Å²) in [5, 5.41) is 4.72. The Bertz CT molecular complexity index is 521. The Labute approximate surface area is 97.3 Å². The molecule has 0 bridgehead atoms. The van der Waals surface area contributed by atoms with Gasteiger partial charge in [-0.1, -0.05) is 18.2 Å². The highest BCUT2D eigenvalue weighted by Crippen LogP contribution is 2.31. The number of fused-ring (bicyclic) bond motifs is 1. The van der Waals surface area contributed by atoms with E-state index >= 15 is 0 Å². The van der Waals surface area contributed by atoms with Gasteiger partial charge in [-0.05, 0) is 38.9 Å². The second-order valence-corrected chi connectivity index (χ2v) is 5.00. The van der Waals surface area contributed by atoms with E-state index in [0.29, 0.717) is 0 Å².